The van der Waals surface area contributed by atoms with E-state index in [1.807, 2.05) is 0 Å². The molecule has 1 aromatic rings. The van der Waals surface area contributed by atoms with Gasteiger partial charge in [-0.3, -0.25) is 0 Å². The van der Waals surface area contributed by atoms with Gasteiger partial charge in [-0.1, -0.05) is 18.2 Å². The Morgan fingerprint density at radius 3 is 1.53 bits per heavy atom. The van der Waals surface area contributed by atoms with Crippen LogP contribution in [0.15, 0.2) is 24.3 Å². The highest BCUT2D eigenvalue weighted by Gasteiger charge is 2.73. The average Bonchev–Trinajstić information content (AvgIpc) is 2.13. The topological polar surface area (TPSA) is 0 Å². The number of halogens is 8. The van der Waals surface area contributed by atoms with Crippen LogP contribution in [0.3, 0.4) is 0 Å². The van der Waals surface area contributed by atoms with Crippen molar-refractivity contribution in [2.45, 2.75) is 18.0 Å². The molecule has 0 N–H and O–H groups in total. The summed E-state index contributed by atoms with van der Waals surface area (Å²) in [4.78, 5) is 0. The zero-order valence-corrected chi connectivity index (χ0v) is 9.99. The van der Waals surface area contributed by atoms with Gasteiger partial charge in [-0.2, -0.15) is 26.3 Å². The smallest absolute Gasteiger partial charge is 0.218 e. The van der Waals surface area contributed by atoms with Gasteiger partial charge in [-0.05, 0) is 28.7 Å². The summed E-state index contributed by atoms with van der Waals surface area (Å²) in [6.45, 7) is 0. The average molecular weight is 372 g/mol. The van der Waals surface area contributed by atoms with E-state index in [1.54, 1.807) is 0 Å². The molecule has 0 aliphatic heterocycles. The monoisotopic (exact) mass is 372 g/mol. The van der Waals surface area contributed by atoms with Crippen molar-refractivity contribution in [2.24, 2.45) is 0 Å². The Bertz CT molecular complexity index is 393. The summed E-state index contributed by atoms with van der Waals surface area (Å²) < 4.78 is 87.3. The number of benzene rings is 1. The minimum Gasteiger partial charge on any atom is -0.218 e. The third-order valence-electron chi connectivity index (χ3n) is 2.03. The predicted molar refractivity (Wildman–Crippen MR) is 54.1 cm³/mol. The van der Waals surface area contributed by atoms with E-state index in [1.165, 1.54) is 28.7 Å². The second-order valence-electron chi connectivity index (χ2n) is 3.13. The van der Waals surface area contributed by atoms with Crippen LogP contribution in [0.4, 0.5) is 30.7 Å². The highest BCUT2D eigenvalue weighted by molar-refractivity contribution is 14.1. The molecule has 17 heavy (non-hydrogen) atoms. The standard InChI is InChI=1S/C9H4F7I/c10-7(8(11,12)13,9(14,15)16)5-3-1-2-4-6(5)17/h1-4H. The van der Waals surface area contributed by atoms with E-state index in [-0.39, 0.29) is 0 Å². The molecule has 8 heteroatoms. The lowest BCUT2D eigenvalue weighted by molar-refractivity contribution is -0.349. The van der Waals surface area contributed by atoms with Crippen molar-refractivity contribution < 1.29 is 30.7 Å². The molecule has 0 amide bonds. The minimum absolute atomic E-state index is 0.442. The van der Waals surface area contributed by atoms with E-state index in [9.17, 15) is 30.7 Å². The molecule has 0 saturated carbocycles. The zero-order valence-electron chi connectivity index (χ0n) is 7.83. The lowest BCUT2D eigenvalue weighted by Gasteiger charge is -2.30. The van der Waals surface area contributed by atoms with E-state index < -0.39 is 27.2 Å². The van der Waals surface area contributed by atoms with Crippen LogP contribution in [0, 0.1) is 3.57 Å². The molecule has 1 aromatic carbocycles. The fourth-order valence-electron chi connectivity index (χ4n) is 1.21. The highest BCUT2D eigenvalue weighted by atomic mass is 127. The van der Waals surface area contributed by atoms with E-state index in [2.05, 4.69) is 0 Å². The van der Waals surface area contributed by atoms with Crippen molar-refractivity contribution in [3.05, 3.63) is 33.4 Å². The summed E-state index contributed by atoms with van der Waals surface area (Å²) in [6, 6.07) is 3.59. The maximum atomic E-state index is 13.5. The van der Waals surface area contributed by atoms with Gasteiger partial charge in [0, 0.05) is 9.13 Å². The van der Waals surface area contributed by atoms with E-state index >= 15 is 0 Å². The lowest BCUT2D eigenvalue weighted by atomic mass is 9.94. The maximum Gasteiger partial charge on any atom is 0.435 e. The molecule has 0 aromatic heterocycles. The molecule has 0 aliphatic carbocycles. The van der Waals surface area contributed by atoms with Crippen LogP contribution in [0.1, 0.15) is 5.56 Å². The van der Waals surface area contributed by atoms with E-state index in [0.717, 1.165) is 12.1 Å². The van der Waals surface area contributed by atoms with Crippen LogP contribution < -0.4 is 0 Å². The van der Waals surface area contributed by atoms with Crippen molar-refractivity contribution in [3.63, 3.8) is 0 Å². The summed E-state index contributed by atoms with van der Waals surface area (Å²) in [5, 5.41) is 0. The summed E-state index contributed by atoms with van der Waals surface area (Å²) in [5.41, 5.74) is -6.79. The number of alkyl halides is 7. The predicted octanol–water partition coefficient (Wildman–Crippen LogP) is 4.58. The van der Waals surface area contributed by atoms with Gasteiger partial charge in [0.05, 0.1) is 0 Å². The summed E-state index contributed by atoms with van der Waals surface area (Å²) >= 11 is 1.23. The molecule has 1 rings (SSSR count). The largest absolute Gasteiger partial charge is 0.435 e. The lowest BCUT2D eigenvalue weighted by Crippen LogP contribution is -2.50. The van der Waals surface area contributed by atoms with Gasteiger partial charge in [-0.15, -0.1) is 0 Å². The normalized spacial score (nSPS) is 13.9. The summed E-state index contributed by atoms with van der Waals surface area (Å²) in [5.74, 6) is 0. The van der Waals surface area contributed by atoms with Crippen molar-refractivity contribution in [1.82, 2.24) is 0 Å². The SMILES string of the molecule is FC(F)(F)C(F)(c1ccccc1I)C(F)(F)F. The maximum absolute atomic E-state index is 13.5. The second kappa shape index (κ2) is 4.29. The van der Waals surface area contributed by atoms with Crippen LogP contribution in [-0.4, -0.2) is 12.4 Å². The molecular weight excluding hydrogens is 368 g/mol. The van der Waals surface area contributed by atoms with Gasteiger partial charge < -0.3 is 0 Å². The molecule has 0 nitrogen and oxygen atoms in total. The molecule has 0 atom stereocenters. The van der Waals surface area contributed by atoms with Crippen LogP contribution in [-0.2, 0) is 5.67 Å². The first-order valence-corrected chi connectivity index (χ1v) is 5.17. The molecule has 0 radical (unpaired) electrons. The Balaban J connectivity index is 3.53. The minimum atomic E-state index is -6.06. The van der Waals surface area contributed by atoms with E-state index in [0.29, 0.717) is 6.07 Å². The van der Waals surface area contributed by atoms with Crippen molar-refractivity contribution in [1.29, 1.82) is 0 Å². The molecular formula is C9H4F7I. The van der Waals surface area contributed by atoms with Gasteiger partial charge >= 0.3 is 18.0 Å². The summed E-state index contributed by atoms with van der Waals surface area (Å²) in [7, 11) is 0. The van der Waals surface area contributed by atoms with Crippen LogP contribution >= 0.6 is 22.6 Å². The fourth-order valence-corrected chi connectivity index (χ4v) is 1.97. The number of rotatable bonds is 1. The van der Waals surface area contributed by atoms with Gasteiger partial charge in [0.1, 0.15) is 0 Å². The van der Waals surface area contributed by atoms with Crippen molar-refractivity contribution >= 4 is 22.6 Å². The van der Waals surface area contributed by atoms with Gasteiger partial charge in [-0.25, -0.2) is 4.39 Å². The first-order chi connectivity index (χ1) is 7.52. The van der Waals surface area contributed by atoms with Gasteiger partial charge in [0.2, 0.25) is 0 Å². The van der Waals surface area contributed by atoms with Gasteiger partial charge in [0.15, 0.2) is 0 Å². The zero-order chi connectivity index (χ0) is 13.5. The Kier molecular flexibility index (Phi) is 3.66. The molecule has 0 heterocycles. The Hall–Kier alpha value is -0.540. The third-order valence-corrected chi connectivity index (χ3v) is 2.97. The Labute approximate surface area is 105 Å². The molecule has 0 bridgehead atoms. The number of hydrogen-bond acceptors (Lipinski definition) is 0. The molecule has 0 saturated heterocycles. The number of hydrogen-bond donors (Lipinski definition) is 0. The Morgan fingerprint density at radius 2 is 1.18 bits per heavy atom. The first kappa shape index (κ1) is 14.5. The molecule has 0 unspecified atom stereocenters. The van der Waals surface area contributed by atoms with Crippen LogP contribution in [0.5, 0.6) is 0 Å². The Morgan fingerprint density at radius 1 is 0.765 bits per heavy atom. The van der Waals surface area contributed by atoms with Crippen molar-refractivity contribution in [2.75, 3.05) is 0 Å². The van der Waals surface area contributed by atoms with Crippen LogP contribution in [0.2, 0.25) is 0 Å². The van der Waals surface area contributed by atoms with Crippen molar-refractivity contribution in [3.8, 4) is 0 Å². The molecule has 0 fully saturated rings. The second-order valence-corrected chi connectivity index (χ2v) is 4.30. The summed E-state index contributed by atoms with van der Waals surface area (Å²) in [6.07, 6.45) is -12.1. The van der Waals surface area contributed by atoms with E-state index in [4.69, 9.17) is 0 Å². The highest BCUT2D eigenvalue weighted by Crippen LogP contribution is 2.53. The fraction of sp³-hybridized carbons (Fsp3) is 0.333. The van der Waals surface area contributed by atoms with Gasteiger partial charge in [0.25, 0.3) is 0 Å². The quantitative estimate of drug-likeness (QED) is 0.500. The third kappa shape index (κ3) is 2.36. The molecule has 96 valence electrons. The molecule has 0 aliphatic rings. The first-order valence-electron chi connectivity index (χ1n) is 4.09. The van der Waals surface area contributed by atoms with Crippen LogP contribution in [0.25, 0.3) is 0 Å². The molecule has 0 spiro atoms.